The number of aromatic nitrogens is 1. The molecule has 1 N–H and O–H groups in total. The number of rotatable bonds is 2. The second kappa shape index (κ2) is 4.78. The molecule has 1 saturated carbocycles. The van der Waals surface area contributed by atoms with E-state index in [2.05, 4.69) is 64.3 Å². The first-order valence-electron chi connectivity index (χ1n) is 6.88. The van der Waals surface area contributed by atoms with E-state index < -0.39 is 0 Å². The van der Waals surface area contributed by atoms with E-state index in [0.29, 0.717) is 11.5 Å². The van der Waals surface area contributed by atoms with Crippen LogP contribution in [-0.4, -0.2) is 11.0 Å². The third kappa shape index (κ3) is 2.36. The van der Waals surface area contributed by atoms with E-state index in [9.17, 15) is 0 Å². The zero-order valence-corrected chi connectivity index (χ0v) is 13.0. The Bertz CT molecular complexity index is 607. The average Bonchev–Trinajstić information content (AvgIpc) is 2.70. The Balaban J connectivity index is 2.00. The number of halogens is 1. The van der Waals surface area contributed by atoms with Crippen LogP contribution in [0.2, 0.25) is 0 Å². The number of nitrogens with zero attached hydrogens (tertiary/aromatic N) is 1. The first-order valence-corrected chi connectivity index (χ1v) is 7.67. The third-order valence-electron chi connectivity index (χ3n) is 4.32. The van der Waals surface area contributed by atoms with E-state index in [-0.39, 0.29) is 0 Å². The van der Waals surface area contributed by atoms with Crippen molar-refractivity contribution in [3.05, 3.63) is 34.9 Å². The number of nitrogens with one attached hydrogen (secondary N) is 1. The van der Waals surface area contributed by atoms with E-state index in [1.165, 1.54) is 30.0 Å². The minimum Gasteiger partial charge on any atom is -0.366 e. The maximum absolute atomic E-state index is 4.55. The van der Waals surface area contributed by atoms with Gasteiger partial charge in [-0.05, 0) is 30.4 Å². The van der Waals surface area contributed by atoms with Crippen molar-refractivity contribution in [2.45, 2.75) is 39.2 Å². The van der Waals surface area contributed by atoms with Crippen molar-refractivity contribution in [3.63, 3.8) is 0 Å². The van der Waals surface area contributed by atoms with Gasteiger partial charge in [0.25, 0.3) is 0 Å². The molecule has 0 aliphatic heterocycles. The molecule has 3 heteroatoms. The van der Waals surface area contributed by atoms with Crippen LogP contribution in [-0.2, 0) is 0 Å². The van der Waals surface area contributed by atoms with Gasteiger partial charge in [-0.3, -0.25) is 0 Å². The van der Waals surface area contributed by atoms with Gasteiger partial charge >= 0.3 is 0 Å². The molecule has 0 spiro atoms. The van der Waals surface area contributed by atoms with Crippen LogP contribution in [0.4, 0.5) is 5.82 Å². The molecule has 1 atom stereocenters. The highest BCUT2D eigenvalue weighted by Crippen LogP contribution is 2.39. The Labute approximate surface area is 122 Å². The summed E-state index contributed by atoms with van der Waals surface area (Å²) in [6, 6.07) is 8.86. The van der Waals surface area contributed by atoms with Crippen molar-refractivity contribution in [3.8, 4) is 0 Å². The van der Waals surface area contributed by atoms with Gasteiger partial charge in [-0.1, -0.05) is 48.3 Å². The molecular weight excluding hydrogens is 300 g/mol. The summed E-state index contributed by atoms with van der Waals surface area (Å²) in [5, 5.41) is 6.08. The first kappa shape index (κ1) is 12.9. The van der Waals surface area contributed by atoms with Crippen LogP contribution in [0.25, 0.3) is 10.8 Å². The zero-order chi connectivity index (χ0) is 13.5. The fourth-order valence-corrected chi connectivity index (χ4v) is 3.54. The molecule has 0 radical (unpaired) electrons. The molecular formula is C16H19BrN2. The summed E-state index contributed by atoms with van der Waals surface area (Å²) in [5.41, 5.74) is 0.357. The Kier molecular flexibility index (Phi) is 3.25. The lowest BCUT2D eigenvalue weighted by molar-refractivity contribution is 0.349. The largest absolute Gasteiger partial charge is 0.366 e. The van der Waals surface area contributed by atoms with E-state index in [4.69, 9.17) is 0 Å². The van der Waals surface area contributed by atoms with Gasteiger partial charge in [0.15, 0.2) is 0 Å². The van der Waals surface area contributed by atoms with Crippen LogP contribution in [0.15, 0.2) is 34.9 Å². The Hall–Kier alpha value is -1.09. The smallest absolute Gasteiger partial charge is 0.134 e. The second-order valence-electron chi connectivity index (χ2n) is 6.07. The lowest BCUT2D eigenvalue weighted by Gasteiger charge is -2.28. The van der Waals surface area contributed by atoms with Gasteiger partial charge in [0, 0.05) is 27.5 Å². The maximum Gasteiger partial charge on any atom is 0.134 e. The summed E-state index contributed by atoms with van der Waals surface area (Å²) in [7, 11) is 0. The summed E-state index contributed by atoms with van der Waals surface area (Å²) in [6.07, 6.45) is 5.72. The predicted octanol–water partition coefficient (Wildman–Crippen LogP) is 4.99. The van der Waals surface area contributed by atoms with E-state index in [0.717, 1.165) is 10.3 Å². The average molecular weight is 319 g/mol. The molecule has 1 fully saturated rings. The quantitative estimate of drug-likeness (QED) is 0.843. The maximum atomic E-state index is 4.55. The topological polar surface area (TPSA) is 24.9 Å². The lowest BCUT2D eigenvalue weighted by atomic mass is 9.87. The van der Waals surface area contributed by atoms with E-state index >= 15 is 0 Å². The van der Waals surface area contributed by atoms with Crippen LogP contribution in [0.1, 0.15) is 33.1 Å². The molecule has 1 heterocycles. The van der Waals surface area contributed by atoms with Crippen LogP contribution < -0.4 is 5.32 Å². The number of hydrogen-bond donors (Lipinski definition) is 1. The van der Waals surface area contributed by atoms with E-state index in [1.54, 1.807) is 0 Å². The Morgan fingerprint density at radius 1 is 1.26 bits per heavy atom. The summed E-state index contributed by atoms with van der Waals surface area (Å²) in [5.74, 6) is 1.01. The predicted molar refractivity (Wildman–Crippen MR) is 84.5 cm³/mol. The molecule has 1 unspecified atom stereocenters. The molecule has 3 rings (SSSR count). The highest BCUT2D eigenvalue weighted by molar-refractivity contribution is 9.10. The molecule has 1 aromatic carbocycles. The standard InChI is InChI=1S/C16H19BrN2/c1-16(2)9-4-7-14(16)19-15-12-5-3-6-13(17)11(12)8-10-18-15/h3,5-6,8,10,14H,4,7,9H2,1-2H3,(H,18,19). The van der Waals surface area contributed by atoms with Crippen LogP contribution in [0, 0.1) is 5.41 Å². The van der Waals surface area contributed by atoms with Gasteiger partial charge in [0.05, 0.1) is 0 Å². The number of pyridine rings is 1. The van der Waals surface area contributed by atoms with Crippen LogP contribution in [0.5, 0.6) is 0 Å². The molecule has 1 aromatic heterocycles. The number of benzene rings is 1. The molecule has 100 valence electrons. The van der Waals surface area contributed by atoms with Gasteiger partial charge in [0.2, 0.25) is 0 Å². The monoisotopic (exact) mass is 318 g/mol. The Morgan fingerprint density at radius 3 is 2.84 bits per heavy atom. The van der Waals surface area contributed by atoms with Gasteiger partial charge in [-0.15, -0.1) is 0 Å². The third-order valence-corrected chi connectivity index (χ3v) is 5.01. The van der Waals surface area contributed by atoms with Gasteiger partial charge in [-0.25, -0.2) is 4.98 Å². The van der Waals surface area contributed by atoms with E-state index in [1.807, 2.05) is 6.20 Å². The van der Waals surface area contributed by atoms with Crippen molar-refractivity contribution >= 4 is 32.5 Å². The minimum atomic E-state index is 0.357. The summed E-state index contributed by atoms with van der Waals surface area (Å²) < 4.78 is 1.13. The van der Waals surface area contributed by atoms with Crippen LogP contribution in [0.3, 0.4) is 0 Å². The molecule has 2 nitrogen and oxygen atoms in total. The first-order chi connectivity index (χ1) is 9.08. The number of anilines is 1. The molecule has 19 heavy (non-hydrogen) atoms. The van der Waals surface area contributed by atoms with Gasteiger partial charge in [-0.2, -0.15) is 0 Å². The fourth-order valence-electron chi connectivity index (χ4n) is 3.04. The normalized spacial score (nSPS) is 21.7. The molecule has 1 aliphatic carbocycles. The number of fused-ring (bicyclic) bond motifs is 1. The molecule has 2 aromatic rings. The molecule has 0 bridgehead atoms. The number of hydrogen-bond acceptors (Lipinski definition) is 2. The SMILES string of the molecule is CC1(C)CCCC1Nc1nccc2c(Br)cccc12. The highest BCUT2D eigenvalue weighted by Gasteiger charge is 2.34. The van der Waals surface area contributed by atoms with Crippen molar-refractivity contribution in [2.24, 2.45) is 5.41 Å². The zero-order valence-electron chi connectivity index (χ0n) is 11.4. The Morgan fingerprint density at radius 2 is 2.11 bits per heavy atom. The summed E-state index contributed by atoms with van der Waals surface area (Å²) in [4.78, 5) is 4.55. The summed E-state index contributed by atoms with van der Waals surface area (Å²) >= 11 is 3.61. The summed E-state index contributed by atoms with van der Waals surface area (Å²) in [6.45, 7) is 4.69. The second-order valence-corrected chi connectivity index (χ2v) is 6.93. The molecule has 0 saturated heterocycles. The van der Waals surface area contributed by atoms with Crippen molar-refractivity contribution < 1.29 is 0 Å². The lowest BCUT2D eigenvalue weighted by Crippen LogP contribution is -2.31. The van der Waals surface area contributed by atoms with Crippen molar-refractivity contribution in [1.29, 1.82) is 0 Å². The molecule has 0 amide bonds. The fraction of sp³-hybridized carbons (Fsp3) is 0.438. The van der Waals surface area contributed by atoms with Crippen LogP contribution >= 0.6 is 15.9 Å². The van der Waals surface area contributed by atoms with Gasteiger partial charge < -0.3 is 5.32 Å². The highest BCUT2D eigenvalue weighted by atomic mass is 79.9. The molecule has 1 aliphatic rings. The van der Waals surface area contributed by atoms with Crippen molar-refractivity contribution in [1.82, 2.24) is 4.98 Å². The van der Waals surface area contributed by atoms with Crippen molar-refractivity contribution in [2.75, 3.05) is 5.32 Å². The minimum absolute atomic E-state index is 0.357. The van der Waals surface area contributed by atoms with Gasteiger partial charge in [0.1, 0.15) is 5.82 Å².